The van der Waals surface area contributed by atoms with Gasteiger partial charge in [-0.2, -0.15) is 0 Å². The normalized spacial score (nSPS) is 22.8. The molecule has 1 nitrogen and oxygen atoms in total. The van der Waals surface area contributed by atoms with Gasteiger partial charge in [0.05, 0.1) is 0 Å². The quantitative estimate of drug-likeness (QED) is 0.749. The molecular weight excluding hydrogens is 238 g/mol. The average molecular weight is 254 g/mol. The summed E-state index contributed by atoms with van der Waals surface area (Å²) < 4.78 is 0. The third kappa shape index (κ3) is 2.82. The fourth-order valence-corrected chi connectivity index (χ4v) is 2.53. The van der Waals surface area contributed by atoms with Gasteiger partial charge in [0.25, 0.3) is 0 Å². The molecule has 0 aliphatic carbocycles. The largest absolute Gasteiger partial charge is 0.302 e. The van der Waals surface area contributed by atoms with E-state index >= 15 is 0 Å². The van der Waals surface area contributed by atoms with E-state index in [1.54, 1.807) is 0 Å². The van der Waals surface area contributed by atoms with Crippen LogP contribution in [0.2, 0.25) is 0 Å². The van der Waals surface area contributed by atoms with Crippen molar-refractivity contribution in [2.24, 2.45) is 0 Å². The second kappa shape index (κ2) is 4.94. The average Bonchev–Trinajstić information content (AvgIpc) is 2.63. The third-order valence-electron chi connectivity index (χ3n) is 2.77. The molecule has 1 fully saturated rings. The highest BCUT2D eigenvalue weighted by Gasteiger charge is 2.18. The zero-order valence-corrected chi connectivity index (χ0v) is 9.91. The highest BCUT2D eigenvalue weighted by Crippen LogP contribution is 2.16. The number of likely N-dealkylation sites (tertiary alicyclic amines) is 1. The molecule has 0 aromatic heterocycles. The molecule has 0 saturated carbocycles. The molecule has 1 aliphatic rings. The first-order valence-electron chi connectivity index (χ1n) is 5.25. The fraction of sp³-hybridized carbons (Fsp3) is 0.500. The number of hydrogen-bond donors (Lipinski definition) is 0. The predicted octanol–water partition coefficient (Wildman–Crippen LogP) is 2.70. The Morgan fingerprint density at radius 1 is 1.29 bits per heavy atom. The molecule has 1 atom stereocenters. The number of nitrogens with zero attached hydrogens (tertiary/aromatic N) is 1. The van der Waals surface area contributed by atoms with Crippen molar-refractivity contribution in [3.05, 3.63) is 35.9 Å². The monoisotopic (exact) mass is 253 g/mol. The van der Waals surface area contributed by atoms with Crippen LogP contribution in [-0.2, 0) is 6.42 Å². The Kier molecular flexibility index (Phi) is 3.60. The van der Waals surface area contributed by atoms with Crippen LogP contribution in [0.1, 0.15) is 12.0 Å². The summed E-state index contributed by atoms with van der Waals surface area (Å²) in [6, 6.07) is 10.7. The first-order chi connectivity index (χ1) is 6.84. The molecule has 0 N–H and O–H groups in total. The smallest absolute Gasteiger partial charge is 0.0285 e. The lowest BCUT2D eigenvalue weighted by molar-refractivity contribution is 0.345. The van der Waals surface area contributed by atoms with E-state index in [-0.39, 0.29) is 0 Å². The molecule has 14 heavy (non-hydrogen) atoms. The van der Waals surface area contributed by atoms with E-state index in [1.807, 2.05) is 0 Å². The number of hydrogen-bond acceptors (Lipinski definition) is 1. The van der Waals surface area contributed by atoms with E-state index < -0.39 is 0 Å². The molecule has 0 amide bonds. The number of benzene rings is 1. The molecule has 2 heteroatoms. The summed E-state index contributed by atoms with van der Waals surface area (Å²) in [6.45, 7) is 3.67. The lowest BCUT2D eigenvalue weighted by Crippen LogP contribution is -2.23. The van der Waals surface area contributed by atoms with Gasteiger partial charge in [0.1, 0.15) is 0 Å². The topological polar surface area (TPSA) is 3.24 Å². The van der Waals surface area contributed by atoms with Gasteiger partial charge in [-0.3, -0.25) is 0 Å². The van der Waals surface area contributed by atoms with Gasteiger partial charge in [-0.25, -0.2) is 0 Å². The molecule has 1 aromatic rings. The molecule has 2 rings (SSSR count). The van der Waals surface area contributed by atoms with E-state index in [4.69, 9.17) is 0 Å². The van der Waals surface area contributed by atoms with Gasteiger partial charge in [-0.05, 0) is 24.9 Å². The lowest BCUT2D eigenvalue weighted by Gasteiger charge is -2.14. The Hall–Kier alpha value is -0.340. The first kappa shape index (κ1) is 10.2. The van der Waals surface area contributed by atoms with E-state index in [2.05, 4.69) is 51.2 Å². The van der Waals surface area contributed by atoms with Crippen LogP contribution in [0.15, 0.2) is 30.3 Å². The van der Waals surface area contributed by atoms with Crippen molar-refractivity contribution < 1.29 is 0 Å². The zero-order valence-electron chi connectivity index (χ0n) is 8.32. The van der Waals surface area contributed by atoms with Crippen molar-refractivity contribution >= 4 is 15.9 Å². The molecular formula is C12H16BrN. The van der Waals surface area contributed by atoms with Crippen LogP contribution < -0.4 is 0 Å². The maximum Gasteiger partial charge on any atom is 0.0285 e. The van der Waals surface area contributed by atoms with Crippen molar-refractivity contribution in [2.45, 2.75) is 17.7 Å². The summed E-state index contributed by atoms with van der Waals surface area (Å²) in [5, 5.41) is 0. The van der Waals surface area contributed by atoms with Gasteiger partial charge >= 0.3 is 0 Å². The van der Waals surface area contributed by atoms with Crippen molar-refractivity contribution in [3.63, 3.8) is 0 Å². The SMILES string of the molecule is BrC1CCN(CCc2ccccc2)C1. The van der Waals surface area contributed by atoms with Crippen LogP contribution in [0.5, 0.6) is 0 Å². The Bertz CT molecular complexity index is 273. The molecule has 1 aliphatic heterocycles. The molecule has 0 bridgehead atoms. The summed E-state index contributed by atoms with van der Waals surface area (Å²) in [5.74, 6) is 0. The Balaban J connectivity index is 1.78. The molecule has 0 spiro atoms. The second-order valence-corrected chi connectivity index (χ2v) is 5.22. The Morgan fingerprint density at radius 3 is 2.71 bits per heavy atom. The summed E-state index contributed by atoms with van der Waals surface area (Å²) in [6.07, 6.45) is 2.48. The number of alkyl halides is 1. The third-order valence-corrected chi connectivity index (χ3v) is 3.52. The minimum absolute atomic E-state index is 0.721. The van der Waals surface area contributed by atoms with Crippen LogP contribution in [0, 0.1) is 0 Å². The first-order valence-corrected chi connectivity index (χ1v) is 6.16. The van der Waals surface area contributed by atoms with Gasteiger partial charge in [0, 0.05) is 17.9 Å². The van der Waals surface area contributed by atoms with Crippen LogP contribution in [0.3, 0.4) is 0 Å². The maximum absolute atomic E-state index is 3.66. The van der Waals surface area contributed by atoms with Crippen LogP contribution in [-0.4, -0.2) is 29.4 Å². The van der Waals surface area contributed by atoms with Gasteiger partial charge in [-0.1, -0.05) is 46.3 Å². The lowest BCUT2D eigenvalue weighted by atomic mass is 10.1. The van der Waals surface area contributed by atoms with Crippen LogP contribution in [0.4, 0.5) is 0 Å². The standard InChI is InChI=1S/C12H16BrN/c13-12-7-9-14(10-12)8-6-11-4-2-1-3-5-11/h1-5,12H,6-10H2. The molecule has 0 radical (unpaired) electrons. The summed E-state index contributed by atoms with van der Waals surface area (Å²) >= 11 is 3.66. The summed E-state index contributed by atoms with van der Waals surface area (Å²) in [4.78, 5) is 3.25. The van der Waals surface area contributed by atoms with E-state index in [0.717, 1.165) is 4.83 Å². The Morgan fingerprint density at radius 2 is 2.07 bits per heavy atom. The van der Waals surface area contributed by atoms with Gasteiger partial charge in [0.2, 0.25) is 0 Å². The predicted molar refractivity (Wildman–Crippen MR) is 63.9 cm³/mol. The van der Waals surface area contributed by atoms with E-state index in [1.165, 1.54) is 38.0 Å². The fourth-order valence-electron chi connectivity index (χ4n) is 1.92. The second-order valence-electron chi connectivity index (χ2n) is 3.92. The van der Waals surface area contributed by atoms with Gasteiger partial charge < -0.3 is 4.90 Å². The molecule has 1 unspecified atom stereocenters. The van der Waals surface area contributed by atoms with E-state index in [0.29, 0.717) is 0 Å². The summed E-state index contributed by atoms with van der Waals surface area (Å²) in [7, 11) is 0. The van der Waals surface area contributed by atoms with Crippen LogP contribution in [0.25, 0.3) is 0 Å². The van der Waals surface area contributed by atoms with Crippen molar-refractivity contribution in [3.8, 4) is 0 Å². The Labute approximate surface area is 94.2 Å². The molecule has 1 saturated heterocycles. The van der Waals surface area contributed by atoms with Gasteiger partial charge in [0.15, 0.2) is 0 Å². The number of halogens is 1. The highest BCUT2D eigenvalue weighted by molar-refractivity contribution is 9.09. The summed E-state index contributed by atoms with van der Waals surface area (Å²) in [5.41, 5.74) is 1.45. The highest BCUT2D eigenvalue weighted by atomic mass is 79.9. The zero-order chi connectivity index (χ0) is 9.80. The van der Waals surface area contributed by atoms with Crippen LogP contribution >= 0.6 is 15.9 Å². The molecule has 1 heterocycles. The minimum atomic E-state index is 0.721. The van der Waals surface area contributed by atoms with Crippen molar-refractivity contribution in [1.82, 2.24) is 4.90 Å². The van der Waals surface area contributed by atoms with Gasteiger partial charge in [-0.15, -0.1) is 0 Å². The van der Waals surface area contributed by atoms with E-state index in [9.17, 15) is 0 Å². The minimum Gasteiger partial charge on any atom is -0.302 e. The molecule has 76 valence electrons. The molecule has 1 aromatic carbocycles. The number of rotatable bonds is 3. The van der Waals surface area contributed by atoms with Crippen molar-refractivity contribution in [1.29, 1.82) is 0 Å². The van der Waals surface area contributed by atoms with Crippen molar-refractivity contribution in [2.75, 3.05) is 19.6 Å². The maximum atomic E-state index is 3.66.